The number of fused-ring (bicyclic) bond motifs is 1. The number of pyridine rings is 1. The van der Waals surface area contributed by atoms with Crippen LogP contribution in [-0.2, 0) is 6.18 Å². The van der Waals surface area contributed by atoms with Crippen molar-refractivity contribution < 1.29 is 13.2 Å². The minimum Gasteiger partial charge on any atom is -0.385 e. The number of hydrogen-bond donors (Lipinski definition) is 1. The Kier molecular flexibility index (Phi) is 5.54. The summed E-state index contributed by atoms with van der Waals surface area (Å²) in [5, 5.41) is 4.91. The molecule has 29 heavy (non-hydrogen) atoms. The van der Waals surface area contributed by atoms with E-state index in [4.69, 9.17) is 11.6 Å². The Labute approximate surface area is 172 Å². The molecule has 1 atom stereocenters. The molecule has 7 heteroatoms. The molecule has 0 radical (unpaired) electrons. The predicted molar refractivity (Wildman–Crippen MR) is 112 cm³/mol. The Balaban J connectivity index is 1.50. The van der Waals surface area contributed by atoms with Crippen LogP contribution >= 0.6 is 11.6 Å². The minimum atomic E-state index is -4.37. The highest BCUT2D eigenvalue weighted by Crippen LogP contribution is 2.34. The van der Waals surface area contributed by atoms with Crippen molar-refractivity contribution in [3.8, 4) is 0 Å². The SMILES string of the molecule is FC(F)(F)c1ccc2c(N3CCCC(CNc4ccc(Cl)cc4)C3)ccnc2c1. The fourth-order valence-electron chi connectivity index (χ4n) is 3.87. The molecule has 0 amide bonds. The molecule has 4 rings (SSSR count). The molecule has 3 aromatic rings. The maximum absolute atomic E-state index is 13.0. The van der Waals surface area contributed by atoms with E-state index in [9.17, 15) is 13.2 Å². The summed E-state index contributed by atoms with van der Waals surface area (Å²) in [6, 6.07) is 13.3. The fourth-order valence-corrected chi connectivity index (χ4v) is 3.99. The van der Waals surface area contributed by atoms with Crippen LogP contribution in [0.15, 0.2) is 54.7 Å². The minimum absolute atomic E-state index is 0.374. The Morgan fingerprint density at radius 3 is 2.66 bits per heavy atom. The second-order valence-electron chi connectivity index (χ2n) is 7.40. The van der Waals surface area contributed by atoms with Gasteiger partial charge >= 0.3 is 6.18 Å². The first-order chi connectivity index (χ1) is 13.9. The number of halogens is 4. The number of alkyl halides is 3. The second kappa shape index (κ2) is 8.11. The maximum Gasteiger partial charge on any atom is 0.416 e. The fraction of sp³-hybridized carbons (Fsp3) is 0.318. The second-order valence-corrected chi connectivity index (χ2v) is 7.84. The highest BCUT2D eigenvalue weighted by atomic mass is 35.5. The van der Waals surface area contributed by atoms with E-state index < -0.39 is 11.7 Å². The van der Waals surface area contributed by atoms with E-state index in [0.29, 0.717) is 16.5 Å². The molecule has 3 nitrogen and oxygen atoms in total. The summed E-state index contributed by atoms with van der Waals surface area (Å²) in [5.74, 6) is 0.442. The van der Waals surface area contributed by atoms with Crippen LogP contribution < -0.4 is 10.2 Å². The van der Waals surface area contributed by atoms with Gasteiger partial charge in [-0.05, 0) is 61.2 Å². The number of piperidine rings is 1. The first-order valence-electron chi connectivity index (χ1n) is 9.60. The first-order valence-corrected chi connectivity index (χ1v) is 9.98. The molecular formula is C22H21ClF3N3. The molecule has 1 aliphatic rings. The lowest BCUT2D eigenvalue weighted by Crippen LogP contribution is -2.38. The van der Waals surface area contributed by atoms with Crippen molar-refractivity contribution in [2.45, 2.75) is 19.0 Å². The van der Waals surface area contributed by atoms with E-state index in [0.717, 1.165) is 61.4 Å². The number of benzene rings is 2. The van der Waals surface area contributed by atoms with Crippen molar-refractivity contribution >= 4 is 33.9 Å². The van der Waals surface area contributed by atoms with Gasteiger partial charge in [-0.1, -0.05) is 17.7 Å². The summed E-state index contributed by atoms with van der Waals surface area (Å²) >= 11 is 5.93. The zero-order valence-electron chi connectivity index (χ0n) is 15.7. The lowest BCUT2D eigenvalue weighted by Gasteiger charge is -2.35. The zero-order chi connectivity index (χ0) is 20.4. The predicted octanol–water partition coefficient (Wildman–Crippen LogP) is 6.24. The number of anilines is 2. The van der Waals surface area contributed by atoms with Gasteiger partial charge in [0.15, 0.2) is 0 Å². The highest BCUT2D eigenvalue weighted by molar-refractivity contribution is 6.30. The Morgan fingerprint density at radius 1 is 1.10 bits per heavy atom. The Bertz CT molecular complexity index is 989. The molecule has 2 heterocycles. The van der Waals surface area contributed by atoms with Gasteiger partial charge in [-0.3, -0.25) is 4.98 Å². The number of rotatable bonds is 4. The van der Waals surface area contributed by atoms with E-state index in [2.05, 4.69) is 15.2 Å². The number of nitrogens with zero attached hydrogens (tertiary/aromatic N) is 2. The molecule has 1 fully saturated rings. The highest BCUT2D eigenvalue weighted by Gasteiger charge is 2.31. The maximum atomic E-state index is 13.0. The molecule has 1 saturated heterocycles. The monoisotopic (exact) mass is 419 g/mol. The topological polar surface area (TPSA) is 28.2 Å². The zero-order valence-corrected chi connectivity index (χ0v) is 16.5. The van der Waals surface area contributed by atoms with Gasteiger partial charge in [0.25, 0.3) is 0 Å². The van der Waals surface area contributed by atoms with Gasteiger partial charge in [-0.15, -0.1) is 0 Å². The van der Waals surface area contributed by atoms with Crippen LogP contribution in [0.25, 0.3) is 10.9 Å². The molecule has 0 aliphatic carbocycles. The molecule has 1 unspecified atom stereocenters. The summed E-state index contributed by atoms with van der Waals surface area (Å²) in [6.07, 6.45) is -0.626. The summed E-state index contributed by atoms with van der Waals surface area (Å²) in [7, 11) is 0. The average Bonchev–Trinajstić information content (AvgIpc) is 2.72. The molecule has 1 aliphatic heterocycles. The van der Waals surface area contributed by atoms with Gasteiger partial charge in [-0.2, -0.15) is 13.2 Å². The van der Waals surface area contributed by atoms with Gasteiger partial charge in [0.2, 0.25) is 0 Å². The standard InChI is InChI=1S/C22H21ClF3N3/c23-17-4-6-18(7-5-17)28-13-15-2-1-11-29(14-15)21-9-10-27-20-12-16(22(24,25)26)3-8-19(20)21/h3-10,12,15,28H,1-2,11,13-14H2. The van der Waals surface area contributed by atoms with Crippen LogP contribution in [0, 0.1) is 5.92 Å². The van der Waals surface area contributed by atoms with Crippen LogP contribution in [0.3, 0.4) is 0 Å². The molecule has 0 spiro atoms. The number of nitrogens with one attached hydrogen (secondary N) is 1. The van der Waals surface area contributed by atoms with Crippen molar-refractivity contribution in [2.24, 2.45) is 5.92 Å². The van der Waals surface area contributed by atoms with Gasteiger partial charge < -0.3 is 10.2 Å². The van der Waals surface area contributed by atoms with Crippen LogP contribution in [0.5, 0.6) is 0 Å². The van der Waals surface area contributed by atoms with Crippen LogP contribution in [0.4, 0.5) is 24.5 Å². The van der Waals surface area contributed by atoms with Crippen LogP contribution in [0.1, 0.15) is 18.4 Å². The van der Waals surface area contributed by atoms with E-state index in [1.165, 1.54) is 6.07 Å². The van der Waals surface area contributed by atoms with Crippen molar-refractivity contribution in [3.05, 3.63) is 65.3 Å². The average molecular weight is 420 g/mol. The van der Waals surface area contributed by atoms with E-state index >= 15 is 0 Å². The van der Waals surface area contributed by atoms with Crippen molar-refractivity contribution in [2.75, 3.05) is 29.9 Å². The molecule has 152 valence electrons. The van der Waals surface area contributed by atoms with Crippen molar-refractivity contribution in [1.29, 1.82) is 0 Å². The molecular weight excluding hydrogens is 399 g/mol. The summed E-state index contributed by atoms with van der Waals surface area (Å²) in [6.45, 7) is 2.57. The molecule has 1 aromatic heterocycles. The molecule has 0 bridgehead atoms. The Morgan fingerprint density at radius 2 is 1.90 bits per heavy atom. The molecule has 1 N–H and O–H groups in total. The first kappa shape index (κ1) is 19.8. The van der Waals surface area contributed by atoms with Gasteiger partial charge in [0.1, 0.15) is 0 Å². The van der Waals surface area contributed by atoms with E-state index in [-0.39, 0.29) is 0 Å². The Hall–Kier alpha value is -2.47. The largest absolute Gasteiger partial charge is 0.416 e. The quantitative estimate of drug-likeness (QED) is 0.542. The van der Waals surface area contributed by atoms with E-state index in [1.807, 2.05) is 30.3 Å². The van der Waals surface area contributed by atoms with E-state index in [1.54, 1.807) is 6.20 Å². The normalized spacial score (nSPS) is 17.5. The lowest BCUT2D eigenvalue weighted by molar-refractivity contribution is -0.137. The summed E-state index contributed by atoms with van der Waals surface area (Å²) in [5.41, 5.74) is 1.68. The summed E-state index contributed by atoms with van der Waals surface area (Å²) < 4.78 is 39.0. The lowest BCUT2D eigenvalue weighted by atomic mass is 9.96. The van der Waals surface area contributed by atoms with Crippen molar-refractivity contribution in [3.63, 3.8) is 0 Å². The number of aromatic nitrogens is 1. The van der Waals surface area contributed by atoms with Gasteiger partial charge in [0, 0.05) is 47.6 Å². The molecule has 0 saturated carbocycles. The van der Waals surface area contributed by atoms with Gasteiger partial charge in [-0.25, -0.2) is 0 Å². The van der Waals surface area contributed by atoms with Gasteiger partial charge in [0.05, 0.1) is 11.1 Å². The molecule has 2 aromatic carbocycles. The number of hydrogen-bond acceptors (Lipinski definition) is 3. The van der Waals surface area contributed by atoms with Crippen LogP contribution in [-0.4, -0.2) is 24.6 Å². The third-order valence-corrected chi connectivity index (χ3v) is 5.60. The third kappa shape index (κ3) is 4.58. The van der Waals surface area contributed by atoms with Crippen LogP contribution in [0.2, 0.25) is 5.02 Å². The van der Waals surface area contributed by atoms with Crippen molar-refractivity contribution in [1.82, 2.24) is 4.98 Å². The summed E-state index contributed by atoms with van der Waals surface area (Å²) in [4.78, 5) is 6.42. The third-order valence-electron chi connectivity index (χ3n) is 5.35. The smallest absolute Gasteiger partial charge is 0.385 e.